The van der Waals surface area contributed by atoms with Crippen LogP contribution in [0.1, 0.15) is 16.1 Å². The molecule has 0 aliphatic rings. The first-order chi connectivity index (χ1) is 7.79. The molecule has 6 nitrogen and oxygen atoms in total. The number of primary sulfonamides is 1. The number of halogens is 1. The molecule has 1 aromatic heterocycles. The van der Waals surface area contributed by atoms with E-state index in [-0.39, 0.29) is 22.9 Å². The van der Waals surface area contributed by atoms with E-state index in [2.05, 4.69) is 10.3 Å². The van der Waals surface area contributed by atoms with Crippen LogP contribution in [-0.2, 0) is 10.0 Å². The highest BCUT2D eigenvalue weighted by Gasteiger charge is 2.11. The lowest BCUT2D eigenvalue weighted by Gasteiger charge is -2.06. The Morgan fingerprint density at radius 1 is 1.59 bits per heavy atom. The molecule has 1 rings (SSSR count). The summed E-state index contributed by atoms with van der Waals surface area (Å²) in [5.74, 6) is -0.804. The van der Waals surface area contributed by atoms with E-state index in [4.69, 9.17) is 16.7 Å². The maximum atomic E-state index is 11.6. The van der Waals surface area contributed by atoms with Crippen LogP contribution in [0.5, 0.6) is 0 Å². The maximum absolute atomic E-state index is 11.6. The molecule has 17 heavy (non-hydrogen) atoms. The van der Waals surface area contributed by atoms with Gasteiger partial charge in [-0.2, -0.15) is 0 Å². The zero-order valence-electron chi connectivity index (χ0n) is 9.10. The van der Waals surface area contributed by atoms with Crippen molar-refractivity contribution in [3.05, 3.63) is 28.5 Å². The van der Waals surface area contributed by atoms with Gasteiger partial charge in [-0.3, -0.25) is 9.78 Å². The molecule has 0 saturated heterocycles. The molecule has 0 aliphatic carbocycles. The lowest BCUT2D eigenvalue weighted by Crippen LogP contribution is -2.31. The van der Waals surface area contributed by atoms with Crippen LogP contribution in [-0.4, -0.2) is 31.6 Å². The van der Waals surface area contributed by atoms with E-state index in [0.29, 0.717) is 5.69 Å². The molecule has 0 spiro atoms. The van der Waals surface area contributed by atoms with Gasteiger partial charge in [0, 0.05) is 18.4 Å². The van der Waals surface area contributed by atoms with Gasteiger partial charge in [0.05, 0.1) is 16.3 Å². The zero-order valence-corrected chi connectivity index (χ0v) is 10.7. The summed E-state index contributed by atoms with van der Waals surface area (Å²) in [6, 6.07) is 1.55. The van der Waals surface area contributed by atoms with E-state index >= 15 is 0 Å². The van der Waals surface area contributed by atoms with Gasteiger partial charge >= 0.3 is 0 Å². The quantitative estimate of drug-likeness (QED) is 0.812. The number of rotatable bonds is 4. The minimum Gasteiger partial charge on any atom is -0.351 e. The average Bonchev–Trinajstić information content (AvgIpc) is 2.15. The van der Waals surface area contributed by atoms with Gasteiger partial charge in [-0.25, -0.2) is 13.6 Å². The van der Waals surface area contributed by atoms with Crippen molar-refractivity contribution >= 4 is 27.5 Å². The molecule has 0 saturated carbocycles. The minimum atomic E-state index is -3.58. The summed E-state index contributed by atoms with van der Waals surface area (Å²) >= 11 is 5.85. The Morgan fingerprint density at radius 2 is 2.24 bits per heavy atom. The summed E-state index contributed by atoms with van der Waals surface area (Å²) in [5, 5.41) is 7.45. The van der Waals surface area contributed by atoms with Gasteiger partial charge in [0.25, 0.3) is 5.91 Å². The second-order valence-corrected chi connectivity index (χ2v) is 5.57. The number of aromatic nitrogens is 1. The Hall–Kier alpha value is -1.18. The highest BCUT2D eigenvalue weighted by molar-refractivity contribution is 7.89. The predicted octanol–water partition coefficient (Wildman–Crippen LogP) is 0.0617. The number of amides is 1. The Bertz CT molecular complexity index is 530. The molecule has 0 atom stereocenters. The Morgan fingerprint density at radius 3 is 2.76 bits per heavy atom. The van der Waals surface area contributed by atoms with Crippen molar-refractivity contribution in [3.8, 4) is 0 Å². The largest absolute Gasteiger partial charge is 0.351 e. The van der Waals surface area contributed by atoms with Crippen molar-refractivity contribution in [1.82, 2.24) is 10.3 Å². The number of nitrogens with two attached hydrogens (primary N) is 1. The van der Waals surface area contributed by atoms with Crippen LogP contribution in [0.15, 0.2) is 12.3 Å². The first kappa shape index (κ1) is 13.9. The molecule has 94 valence electrons. The molecule has 8 heteroatoms. The van der Waals surface area contributed by atoms with Crippen LogP contribution in [0.25, 0.3) is 0 Å². The third kappa shape index (κ3) is 4.68. The fourth-order valence-electron chi connectivity index (χ4n) is 1.10. The predicted molar refractivity (Wildman–Crippen MR) is 64.3 cm³/mol. The lowest BCUT2D eigenvalue weighted by atomic mass is 10.2. The van der Waals surface area contributed by atoms with Crippen LogP contribution in [0.2, 0.25) is 5.02 Å². The molecule has 1 heterocycles. The topological polar surface area (TPSA) is 102 Å². The van der Waals surface area contributed by atoms with Gasteiger partial charge in [-0.15, -0.1) is 0 Å². The normalized spacial score (nSPS) is 11.2. The molecule has 0 radical (unpaired) electrons. The number of nitrogens with zero attached hydrogens (tertiary/aromatic N) is 1. The summed E-state index contributed by atoms with van der Waals surface area (Å²) in [6.45, 7) is 1.68. The first-order valence-electron chi connectivity index (χ1n) is 4.70. The van der Waals surface area contributed by atoms with Crippen molar-refractivity contribution in [2.75, 3.05) is 12.3 Å². The summed E-state index contributed by atoms with van der Waals surface area (Å²) in [7, 11) is -3.58. The highest BCUT2D eigenvalue weighted by Crippen LogP contribution is 2.15. The van der Waals surface area contributed by atoms with Crippen molar-refractivity contribution in [1.29, 1.82) is 0 Å². The molecule has 0 bridgehead atoms. The van der Waals surface area contributed by atoms with Crippen LogP contribution < -0.4 is 10.5 Å². The minimum absolute atomic E-state index is 0.0676. The number of hydrogen-bond donors (Lipinski definition) is 2. The van der Waals surface area contributed by atoms with Crippen molar-refractivity contribution < 1.29 is 13.2 Å². The second kappa shape index (κ2) is 5.44. The summed E-state index contributed by atoms with van der Waals surface area (Å²) in [5.41, 5.74) is 0.891. The number of carbonyl (C=O) groups excluding carboxylic acids is 1. The molecular weight excluding hydrogens is 266 g/mol. The lowest BCUT2D eigenvalue weighted by molar-refractivity contribution is 0.0956. The van der Waals surface area contributed by atoms with Gasteiger partial charge in [0.1, 0.15) is 0 Å². The molecule has 1 aromatic rings. The maximum Gasteiger partial charge on any atom is 0.254 e. The smallest absolute Gasteiger partial charge is 0.254 e. The van der Waals surface area contributed by atoms with Gasteiger partial charge < -0.3 is 5.32 Å². The monoisotopic (exact) mass is 277 g/mol. The Labute approximate surface area is 104 Å². The standard InChI is InChI=1S/C9H12ClN3O3S/c1-6-4-8(10)7(5-13-6)9(14)12-2-3-17(11,15)16/h4-5H,2-3H2,1H3,(H,12,14)(H2,11,15,16). The van der Waals surface area contributed by atoms with Gasteiger partial charge in [-0.05, 0) is 13.0 Å². The fraction of sp³-hybridized carbons (Fsp3) is 0.333. The van der Waals surface area contributed by atoms with Crippen LogP contribution in [0.4, 0.5) is 0 Å². The third-order valence-corrected chi connectivity index (χ3v) is 2.99. The molecule has 0 unspecified atom stereocenters. The number of pyridine rings is 1. The Balaban J connectivity index is 2.65. The van der Waals surface area contributed by atoms with E-state index in [1.54, 1.807) is 13.0 Å². The number of nitrogens with one attached hydrogen (secondary N) is 1. The molecule has 3 N–H and O–H groups in total. The SMILES string of the molecule is Cc1cc(Cl)c(C(=O)NCCS(N)(=O)=O)cn1. The van der Waals surface area contributed by atoms with E-state index in [9.17, 15) is 13.2 Å². The highest BCUT2D eigenvalue weighted by atomic mass is 35.5. The van der Waals surface area contributed by atoms with Crippen LogP contribution in [0.3, 0.4) is 0 Å². The zero-order chi connectivity index (χ0) is 13.1. The van der Waals surface area contributed by atoms with E-state index < -0.39 is 15.9 Å². The summed E-state index contributed by atoms with van der Waals surface area (Å²) in [6.07, 6.45) is 1.34. The van der Waals surface area contributed by atoms with E-state index in [1.807, 2.05) is 0 Å². The fourth-order valence-corrected chi connectivity index (χ4v) is 1.77. The third-order valence-electron chi connectivity index (χ3n) is 1.91. The molecular formula is C9H12ClN3O3S. The van der Waals surface area contributed by atoms with Crippen molar-refractivity contribution in [3.63, 3.8) is 0 Å². The molecule has 0 aliphatic heterocycles. The van der Waals surface area contributed by atoms with Crippen molar-refractivity contribution in [2.45, 2.75) is 6.92 Å². The summed E-state index contributed by atoms with van der Waals surface area (Å²) < 4.78 is 21.3. The number of aryl methyl sites for hydroxylation is 1. The first-order valence-corrected chi connectivity index (χ1v) is 6.80. The number of hydrogen-bond acceptors (Lipinski definition) is 4. The van der Waals surface area contributed by atoms with E-state index in [1.165, 1.54) is 6.20 Å². The van der Waals surface area contributed by atoms with Crippen LogP contribution >= 0.6 is 11.6 Å². The van der Waals surface area contributed by atoms with Crippen LogP contribution in [0, 0.1) is 6.92 Å². The average molecular weight is 278 g/mol. The van der Waals surface area contributed by atoms with Crippen molar-refractivity contribution in [2.24, 2.45) is 5.14 Å². The van der Waals surface area contributed by atoms with Gasteiger partial charge in [0.15, 0.2) is 0 Å². The second-order valence-electron chi connectivity index (χ2n) is 3.43. The van der Waals surface area contributed by atoms with Gasteiger partial charge in [0.2, 0.25) is 10.0 Å². The van der Waals surface area contributed by atoms with E-state index in [0.717, 1.165) is 0 Å². The molecule has 0 aromatic carbocycles. The number of carbonyl (C=O) groups is 1. The molecule has 0 fully saturated rings. The Kier molecular flexibility index (Phi) is 4.44. The summed E-state index contributed by atoms with van der Waals surface area (Å²) in [4.78, 5) is 15.5. The number of sulfonamides is 1. The van der Waals surface area contributed by atoms with Gasteiger partial charge in [-0.1, -0.05) is 11.6 Å². The molecule has 1 amide bonds.